The van der Waals surface area contributed by atoms with Crippen molar-refractivity contribution in [1.29, 1.82) is 0 Å². The summed E-state index contributed by atoms with van der Waals surface area (Å²) in [6.45, 7) is 0. The standard InChI is InChI=1S/C63H40N4O/c1-4-14-41(15-5-1)44-26-28-46(29-27-44)61-64-62(50-23-13-22-49(39-50)43-18-8-3-9-19-43)66-63(65-61)51-32-35-53-54-36-37-57-59(60(54)68-58(53)40-51)55-24-10-11-25-56(55)67(57)52-33-30-45(31-34-52)48-21-12-20-47(38-48)42-16-6-2-7-17-42/h1-40H. The zero-order valence-electron chi connectivity index (χ0n) is 36.8. The maximum absolute atomic E-state index is 6.97. The van der Waals surface area contributed by atoms with E-state index in [1.165, 1.54) is 22.3 Å². The molecule has 0 unspecified atom stereocenters. The molecule has 68 heavy (non-hydrogen) atoms. The van der Waals surface area contributed by atoms with Crippen molar-refractivity contribution in [2.45, 2.75) is 0 Å². The van der Waals surface area contributed by atoms with E-state index in [-0.39, 0.29) is 0 Å². The molecule has 13 aromatic rings. The van der Waals surface area contributed by atoms with Crippen molar-refractivity contribution in [1.82, 2.24) is 19.5 Å². The third-order valence-corrected chi connectivity index (χ3v) is 13.1. The number of hydrogen-bond acceptors (Lipinski definition) is 4. The highest BCUT2D eigenvalue weighted by molar-refractivity contribution is 6.24. The predicted molar refractivity (Wildman–Crippen MR) is 279 cm³/mol. The summed E-state index contributed by atoms with van der Waals surface area (Å²) >= 11 is 0. The number of para-hydroxylation sites is 1. The zero-order valence-corrected chi connectivity index (χ0v) is 36.8. The van der Waals surface area contributed by atoms with Gasteiger partial charge in [0.05, 0.1) is 16.4 Å². The molecule has 0 N–H and O–H groups in total. The summed E-state index contributed by atoms with van der Waals surface area (Å²) in [6, 6.07) is 85.2. The molecule has 3 heterocycles. The maximum atomic E-state index is 6.97. The van der Waals surface area contributed by atoms with Gasteiger partial charge in [-0.3, -0.25) is 0 Å². The van der Waals surface area contributed by atoms with Gasteiger partial charge in [0.15, 0.2) is 17.5 Å². The van der Waals surface area contributed by atoms with Crippen LogP contribution in [-0.4, -0.2) is 19.5 Å². The molecule has 5 heteroatoms. The fourth-order valence-electron chi connectivity index (χ4n) is 9.69. The average molecular weight is 869 g/mol. The fourth-order valence-corrected chi connectivity index (χ4v) is 9.69. The van der Waals surface area contributed by atoms with Gasteiger partial charge < -0.3 is 8.98 Å². The third-order valence-electron chi connectivity index (χ3n) is 13.1. The quantitative estimate of drug-likeness (QED) is 0.153. The Morgan fingerprint density at radius 1 is 0.279 bits per heavy atom. The molecule has 0 aliphatic heterocycles. The Balaban J connectivity index is 0.913. The average Bonchev–Trinajstić information content (AvgIpc) is 3.97. The summed E-state index contributed by atoms with van der Waals surface area (Å²) in [7, 11) is 0. The van der Waals surface area contributed by atoms with Crippen LogP contribution < -0.4 is 0 Å². The van der Waals surface area contributed by atoms with Gasteiger partial charge in [0.2, 0.25) is 0 Å². The van der Waals surface area contributed by atoms with Gasteiger partial charge in [-0.1, -0.05) is 188 Å². The molecule has 0 radical (unpaired) electrons. The third kappa shape index (κ3) is 6.93. The van der Waals surface area contributed by atoms with E-state index >= 15 is 0 Å². The minimum absolute atomic E-state index is 0.571. The van der Waals surface area contributed by atoms with Crippen molar-refractivity contribution < 1.29 is 4.42 Å². The molecule has 0 atom stereocenters. The highest BCUT2D eigenvalue weighted by Gasteiger charge is 2.20. The molecule has 3 aromatic heterocycles. The molecular formula is C63H40N4O. The Morgan fingerprint density at radius 2 is 0.706 bits per heavy atom. The highest BCUT2D eigenvalue weighted by Crippen LogP contribution is 2.42. The molecular weight excluding hydrogens is 829 g/mol. The molecule has 0 saturated carbocycles. The van der Waals surface area contributed by atoms with Crippen molar-refractivity contribution >= 4 is 43.7 Å². The molecule has 0 aliphatic rings. The minimum Gasteiger partial charge on any atom is -0.455 e. The minimum atomic E-state index is 0.571. The van der Waals surface area contributed by atoms with Gasteiger partial charge in [-0.2, -0.15) is 0 Å². The smallest absolute Gasteiger partial charge is 0.164 e. The Labute approximate surface area is 392 Å². The number of fused-ring (bicyclic) bond motifs is 7. The van der Waals surface area contributed by atoms with Crippen molar-refractivity contribution in [2.75, 3.05) is 0 Å². The van der Waals surface area contributed by atoms with Crippen LogP contribution in [0.1, 0.15) is 0 Å². The molecule has 10 aromatic carbocycles. The van der Waals surface area contributed by atoms with Crippen LogP contribution in [0, 0.1) is 0 Å². The van der Waals surface area contributed by atoms with E-state index < -0.39 is 0 Å². The summed E-state index contributed by atoms with van der Waals surface area (Å²) in [4.78, 5) is 15.4. The topological polar surface area (TPSA) is 56.7 Å². The number of furan rings is 1. The number of benzene rings is 10. The Hall–Kier alpha value is -9.19. The molecule has 0 saturated heterocycles. The molecule has 0 bridgehead atoms. The molecule has 318 valence electrons. The SMILES string of the molecule is c1ccc(-c2ccc(-c3nc(-c4cccc(-c5ccccc5)c4)nc(-c4ccc5c(c4)oc4c5ccc5c4c4ccccc4n5-c4ccc(-c5cccc(-c6ccccc6)c5)cc4)n3)cc2)cc1. The first kappa shape index (κ1) is 39.2. The number of hydrogen-bond donors (Lipinski definition) is 0. The van der Waals surface area contributed by atoms with E-state index in [1.807, 2.05) is 12.1 Å². The lowest BCUT2D eigenvalue weighted by molar-refractivity contribution is 0.673. The van der Waals surface area contributed by atoms with Crippen LogP contribution in [0.5, 0.6) is 0 Å². The van der Waals surface area contributed by atoms with Crippen molar-refractivity contribution in [3.8, 4) is 84.4 Å². The van der Waals surface area contributed by atoms with Crippen LogP contribution in [0.2, 0.25) is 0 Å². The second kappa shape index (κ2) is 16.4. The van der Waals surface area contributed by atoms with Crippen LogP contribution in [-0.2, 0) is 0 Å². The van der Waals surface area contributed by atoms with Gasteiger partial charge in [0, 0.05) is 38.5 Å². The first-order valence-electron chi connectivity index (χ1n) is 22.9. The first-order chi connectivity index (χ1) is 33.7. The van der Waals surface area contributed by atoms with E-state index in [0.29, 0.717) is 17.5 Å². The molecule has 13 rings (SSSR count). The Morgan fingerprint density at radius 3 is 1.34 bits per heavy atom. The lowest BCUT2D eigenvalue weighted by atomic mass is 9.99. The van der Waals surface area contributed by atoms with Crippen LogP contribution in [0.4, 0.5) is 0 Å². The number of nitrogens with zero attached hydrogens (tertiary/aromatic N) is 4. The first-order valence-corrected chi connectivity index (χ1v) is 22.9. The van der Waals surface area contributed by atoms with Crippen LogP contribution >= 0.6 is 0 Å². The van der Waals surface area contributed by atoms with Gasteiger partial charge in [-0.25, -0.2) is 15.0 Å². The monoisotopic (exact) mass is 868 g/mol. The van der Waals surface area contributed by atoms with Crippen molar-refractivity contribution in [2.24, 2.45) is 0 Å². The predicted octanol–water partition coefficient (Wildman–Crippen LogP) is 16.5. The van der Waals surface area contributed by atoms with Crippen LogP contribution in [0.25, 0.3) is 128 Å². The summed E-state index contributed by atoms with van der Waals surface area (Å²) in [5.41, 5.74) is 16.8. The second-order valence-corrected chi connectivity index (χ2v) is 17.2. The summed E-state index contributed by atoms with van der Waals surface area (Å²) in [6.07, 6.45) is 0. The summed E-state index contributed by atoms with van der Waals surface area (Å²) < 4.78 is 9.32. The van der Waals surface area contributed by atoms with Gasteiger partial charge in [-0.05, 0) is 99.1 Å². The van der Waals surface area contributed by atoms with Crippen molar-refractivity contribution in [3.05, 3.63) is 243 Å². The van der Waals surface area contributed by atoms with E-state index in [1.54, 1.807) is 0 Å². The van der Waals surface area contributed by atoms with Gasteiger partial charge in [-0.15, -0.1) is 0 Å². The van der Waals surface area contributed by atoms with E-state index in [9.17, 15) is 0 Å². The molecule has 0 amide bonds. The molecule has 0 spiro atoms. The molecule has 0 aliphatic carbocycles. The molecule has 0 fully saturated rings. The van der Waals surface area contributed by atoms with Crippen molar-refractivity contribution in [3.63, 3.8) is 0 Å². The lowest BCUT2D eigenvalue weighted by Crippen LogP contribution is -2.00. The van der Waals surface area contributed by atoms with E-state index in [2.05, 4.69) is 235 Å². The highest BCUT2D eigenvalue weighted by atomic mass is 16.3. The van der Waals surface area contributed by atoms with E-state index in [0.717, 1.165) is 88.4 Å². The van der Waals surface area contributed by atoms with Crippen LogP contribution in [0.3, 0.4) is 0 Å². The summed E-state index contributed by atoms with van der Waals surface area (Å²) in [5, 5.41) is 4.31. The van der Waals surface area contributed by atoms with Gasteiger partial charge in [0.1, 0.15) is 11.2 Å². The fraction of sp³-hybridized carbons (Fsp3) is 0. The zero-order chi connectivity index (χ0) is 45.0. The normalized spacial score (nSPS) is 11.5. The van der Waals surface area contributed by atoms with Gasteiger partial charge in [0.25, 0.3) is 0 Å². The number of rotatable bonds is 8. The number of aromatic nitrogens is 4. The largest absolute Gasteiger partial charge is 0.455 e. The maximum Gasteiger partial charge on any atom is 0.164 e. The van der Waals surface area contributed by atoms with Gasteiger partial charge >= 0.3 is 0 Å². The Kier molecular flexibility index (Phi) is 9.43. The Bertz CT molecular complexity index is 3990. The lowest BCUT2D eigenvalue weighted by Gasteiger charge is -2.10. The summed E-state index contributed by atoms with van der Waals surface area (Å²) in [5.74, 6) is 1.77. The van der Waals surface area contributed by atoms with Crippen LogP contribution in [0.15, 0.2) is 247 Å². The van der Waals surface area contributed by atoms with E-state index in [4.69, 9.17) is 19.4 Å². The second-order valence-electron chi connectivity index (χ2n) is 17.2. The molecule has 5 nitrogen and oxygen atoms in total.